The van der Waals surface area contributed by atoms with Crippen molar-refractivity contribution in [2.75, 3.05) is 31.2 Å². The summed E-state index contributed by atoms with van der Waals surface area (Å²) < 4.78 is 5.68. The second kappa shape index (κ2) is 10.0. The van der Waals surface area contributed by atoms with Gasteiger partial charge < -0.3 is 25.4 Å². The van der Waals surface area contributed by atoms with Crippen molar-refractivity contribution in [1.29, 1.82) is 0 Å². The molecule has 33 heavy (non-hydrogen) atoms. The summed E-state index contributed by atoms with van der Waals surface area (Å²) in [6, 6.07) is 12.5. The van der Waals surface area contributed by atoms with Crippen LogP contribution in [0.25, 0.3) is 22.8 Å². The smallest absolute Gasteiger partial charge is 0.258 e. The molecule has 0 saturated heterocycles. The van der Waals surface area contributed by atoms with Crippen LogP contribution >= 0.6 is 0 Å². The predicted octanol–water partition coefficient (Wildman–Crippen LogP) is 3.35. The third-order valence-corrected chi connectivity index (χ3v) is 6.42. The van der Waals surface area contributed by atoms with E-state index in [0.717, 1.165) is 61.0 Å². The van der Waals surface area contributed by atoms with Gasteiger partial charge in [0.15, 0.2) is 0 Å². The highest BCUT2D eigenvalue weighted by molar-refractivity contribution is 5.74. The summed E-state index contributed by atoms with van der Waals surface area (Å²) in [5, 5.41) is 23.5. The summed E-state index contributed by atoms with van der Waals surface area (Å²) in [5.41, 5.74) is 11.9. The van der Waals surface area contributed by atoms with Gasteiger partial charge in [0.2, 0.25) is 5.82 Å². The van der Waals surface area contributed by atoms with Gasteiger partial charge in [0.25, 0.3) is 5.89 Å². The fraction of sp³-hybridized carbons (Fsp3) is 0.462. The Morgan fingerprint density at radius 1 is 1.06 bits per heavy atom. The lowest BCUT2D eigenvalue weighted by atomic mass is 9.97. The predicted molar refractivity (Wildman–Crippen MR) is 130 cm³/mol. The molecule has 0 bridgehead atoms. The maximum atomic E-state index is 9.59. The molecule has 1 aromatic heterocycles. The summed E-state index contributed by atoms with van der Waals surface area (Å²) >= 11 is 0. The van der Waals surface area contributed by atoms with Gasteiger partial charge in [-0.15, -0.1) is 0 Å². The van der Waals surface area contributed by atoms with Gasteiger partial charge in [-0.1, -0.05) is 50.0 Å². The number of hydrogen-bond donors (Lipinski definition) is 3. The Morgan fingerprint density at radius 2 is 1.82 bits per heavy atom. The number of aliphatic hydroxyl groups is 2. The Labute approximate surface area is 195 Å². The van der Waals surface area contributed by atoms with Gasteiger partial charge >= 0.3 is 0 Å². The van der Waals surface area contributed by atoms with Crippen molar-refractivity contribution in [1.82, 2.24) is 10.1 Å². The average Bonchev–Trinajstić information content (AvgIpc) is 3.48. The molecule has 4 rings (SSSR count). The molecular formula is C26H34N4O3. The number of aromatic nitrogens is 2. The number of rotatable bonds is 10. The molecule has 0 saturated carbocycles. The fourth-order valence-electron chi connectivity index (χ4n) is 4.63. The van der Waals surface area contributed by atoms with Crippen molar-refractivity contribution in [3.8, 4) is 22.8 Å². The molecule has 2 aromatic carbocycles. The lowest BCUT2D eigenvalue weighted by molar-refractivity contribution is 0.125. The van der Waals surface area contributed by atoms with Crippen LogP contribution in [0.5, 0.6) is 0 Å². The summed E-state index contributed by atoms with van der Waals surface area (Å²) in [6.45, 7) is 4.98. The van der Waals surface area contributed by atoms with Crippen molar-refractivity contribution in [2.45, 2.75) is 51.5 Å². The Kier molecular flexibility index (Phi) is 7.12. The molecule has 0 fully saturated rings. The number of aliphatic hydroxyl groups excluding tert-OH is 2. The summed E-state index contributed by atoms with van der Waals surface area (Å²) in [7, 11) is 0. The molecule has 1 aliphatic heterocycles. The van der Waals surface area contributed by atoms with E-state index in [9.17, 15) is 10.2 Å². The molecule has 0 spiro atoms. The third kappa shape index (κ3) is 4.81. The number of fused-ring (bicyclic) bond motifs is 1. The van der Waals surface area contributed by atoms with E-state index in [1.807, 2.05) is 18.2 Å². The lowest BCUT2D eigenvalue weighted by Gasteiger charge is -2.31. The van der Waals surface area contributed by atoms with Crippen molar-refractivity contribution in [3.05, 3.63) is 53.1 Å². The summed E-state index contributed by atoms with van der Waals surface area (Å²) in [4.78, 5) is 6.84. The monoisotopic (exact) mass is 450 g/mol. The zero-order valence-electron chi connectivity index (χ0n) is 19.5. The molecule has 3 aromatic rings. The van der Waals surface area contributed by atoms with E-state index in [4.69, 9.17) is 15.2 Å². The van der Waals surface area contributed by atoms with Crippen molar-refractivity contribution < 1.29 is 14.7 Å². The quantitative estimate of drug-likeness (QED) is 0.435. The number of anilines is 1. The van der Waals surface area contributed by atoms with Crippen molar-refractivity contribution in [3.63, 3.8) is 0 Å². The first-order valence-corrected chi connectivity index (χ1v) is 11.9. The molecule has 0 atom stereocenters. The Hall–Kier alpha value is -2.74. The molecule has 0 amide bonds. The zero-order valence-corrected chi connectivity index (χ0v) is 19.5. The minimum absolute atomic E-state index is 0.277. The second-order valence-corrected chi connectivity index (χ2v) is 9.06. The van der Waals surface area contributed by atoms with Gasteiger partial charge in [-0.05, 0) is 54.2 Å². The van der Waals surface area contributed by atoms with Crippen LogP contribution < -0.4 is 10.6 Å². The first-order valence-electron chi connectivity index (χ1n) is 11.9. The van der Waals surface area contributed by atoms with E-state index >= 15 is 0 Å². The van der Waals surface area contributed by atoms with Crippen LogP contribution in [0.3, 0.4) is 0 Å². The van der Waals surface area contributed by atoms with Crippen LogP contribution in [0.4, 0.5) is 5.69 Å². The number of hydrogen-bond acceptors (Lipinski definition) is 7. The summed E-state index contributed by atoms with van der Waals surface area (Å²) in [6.07, 6.45) is 5.15. The Balaban J connectivity index is 1.62. The van der Waals surface area contributed by atoms with E-state index in [2.05, 4.69) is 42.1 Å². The van der Waals surface area contributed by atoms with E-state index < -0.39 is 5.54 Å². The highest BCUT2D eigenvalue weighted by Crippen LogP contribution is 2.36. The third-order valence-electron chi connectivity index (χ3n) is 6.42. The van der Waals surface area contributed by atoms with E-state index in [0.29, 0.717) is 18.3 Å². The number of aryl methyl sites for hydroxylation is 2. The number of nitrogens with two attached hydrogens (primary N) is 1. The van der Waals surface area contributed by atoms with Crippen LogP contribution in [0.2, 0.25) is 0 Å². The largest absolute Gasteiger partial charge is 0.394 e. The first kappa shape index (κ1) is 23.4. The normalized spacial score (nSPS) is 13.5. The van der Waals surface area contributed by atoms with Crippen molar-refractivity contribution in [2.24, 2.45) is 5.73 Å². The van der Waals surface area contributed by atoms with E-state index in [-0.39, 0.29) is 13.2 Å². The van der Waals surface area contributed by atoms with Crippen LogP contribution in [0.1, 0.15) is 43.4 Å². The van der Waals surface area contributed by atoms with Crippen molar-refractivity contribution >= 4 is 5.69 Å². The van der Waals surface area contributed by atoms with Gasteiger partial charge in [0.1, 0.15) is 0 Å². The van der Waals surface area contributed by atoms with Gasteiger partial charge in [-0.3, -0.25) is 0 Å². The minimum Gasteiger partial charge on any atom is -0.394 e. The highest BCUT2D eigenvalue weighted by Gasteiger charge is 2.31. The average molecular weight is 451 g/mol. The van der Waals surface area contributed by atoms with Crippen LogP contribution in [0, 0.1) is 0 Å². The molecule has 176 valence electrons. The standard InChI is InChI=1S/C26H34N4O3/c1-3-6-18-10-11-20(14-19(18)7-4-2)25-28-24(29-33-25)22-8-5-9-23-21(22)12-13-30(23)15-26(27,16-31)17-32/h5,8-11,14,31-32H,3-4,6-7,12-13,15-17,27H2,1-2H3. The van der Waals surface area contributed by atoms with E-state index in [1.165, 1.54) is 11.1 Å². The number of nitrogens with zero attached hydrogens (tertiary/aromatic N) is 3. The number of benzene rings is 2. The first-order chi connectivity index (χ1) is 16.0. The van der Waals surface area contributed by atoms with Gasteiger partial charge in [0, 0.05) is 29.9 Å². The Morgan fingerprint density at radius 3 is 2.55 bits per heavy atom. The van der Waals surface area contributed by atoms with Gasteiger partial charge in [0.05, 0.1) is 18.8 Å². The zero-order chi connectivity index (χ0) is 23.4. The minimum atomic E-state index is -1.04. The second-order valence-electron chi connectivity index (χ2n) is 9.06. The molecule has 0 radical (unpaired) electrons. The van der Waals surface area contributed by atoms with Crippen LogP contribution in [-0.2, 0) is 19.3 Å². The molecule has 7 heteroatoms. The van der Waals surface area contributed by atoms with E-state index in [1.54, 1.807) is 0 Å². The van der Waals surface area contributed by atoms with Gasteiger partial charge in [-0.25, -0.2) is 0 Å². The molecule has 0 aliphatic carbocycles. The fourth-order valence-corrected chi connectivity index (χ4v) is 4.63. The lowest BCUT2D eigenvalue weighted by Crippen LogP contribution is -2.55. The van der Waals surface area contributed by atoms with Crippen LogP contribution in [0.15, 0.2) is 40.9 Å². The van der Waals surface area contributed by atoms with Gasteiger partial charge in [-0.2, -0.15) is 4.98 Å². The summed E-state index contributed by atoms with van der Waals surface area (Å²) in [5.74, 6) is 1.10. The Bertz CT molecular complexity index is 1090. The molecule has 4 N–H and O–H groups in total. The maximum Gasteiger partial charge on any atom is 0.258 e. The van der Waals surface area contributed by atoms with Crippen LogP contribution in [-0.4, -0.2) is 52.2 Å². The molecule has 1 aliphatic rings. The topological polar surface area (TPSA) is 109 Å². The molecular weight excluding hydrogens is 416 g/mol. The molecule has 7 nitrogen and oxygen atoms in total. The molecule has 2 heterocycles. The maximum absolute atomic E-state index is 9.59. The SMILES string of the molecule is CCCc1ccc(-c2nc(-c3cccc4c3CCN4CC(N)(CO)CO)no2)cc1CCC. The molecule has 0 unspecified atom stereocenters. The highest BCUT2D eigenvalue weighted by atomic mass is 16.5.